The monoisotopic (exact) mass is 267 g/mol. The van der Waals surface area contributed by atoms with Gasteiger partial charge in [-0.2, -0.15) is 0 Å². The Kier molecular flexibility index (Phi) is 3.86. The molecule has 0 amide bonds. The predicted molar refractivity (Wildman–Crippen MR) is 70.6 cm³/mol. The molecule has 2 aromatic rings. The fourth-order valence-electron chi connectivity index (χ4n) is 1.49. The van der Waals surface area contributed by atoms with Gasteiger partial charge in [-0.1, -0.05) is 29.8 Å². The molecule has 1 aromatic carbocycles. The SMILES string of the molecule is O=C(O)CSCc1cc2ccccc2nc1Cl. The van der Waals surface area contributed by atoms with E-state index in [1.807, 2.05) is 30.3 Å². The molecule has 0 unspecified atom stereocenters. The second-order valence-corrected chi connectivity index (χ2v) is 4.86. The van der Waals surface area contributed by atoms with Crippen LogP contribution in [0, 0.1) is 0 Å². The first-order valence-electron chi connectivity index (χ1n) is 5.00. The van der Waals surface area contributed by atoms with Crippen molar-refractivity contribution in [2.75, 3.05) is 5.75 Å². The maximum atomic E-state index is 10.4. The fraction of sp³-hybridized carbons (Fsp3) is 0.167. The maximum Gasteiger partial charge on any atom is 0.313 e. The van der Waals surface area contributed by atoms with E-state index in [2.05, 4.69) is 4.98 Å². The minimum Gasteiger partial charge on any atom is -0.481 e. The molecule has 0 atom stereocenters. The number of para-hydroxylation sites is 1. The highest BCUT2D eigenvalue weighted by atomic mass is 35.5. The van der Waals surface area contributed by atoms with Crippen molar-refractivity contribution in [3.05, 3.63) is 41.0 Å². The zero-order chi connectivity index (χ0) is 12.3. The van der Waals surface area contributed by atoms with E-state index in [1.54, 1.807) is 0 Å². The smallest absolute Gasteiger partial charge is 0.313 e. The summed E-state index contributed by atoms with van der Waals surface area (Å²) in [7, 11) is 0. The van der Waals surface area contributed by atoms with Crippen LogP contribution in [0.4, 0.5) is 0 Å². The lowest BCUT2D eigenvalue weighted by atomic mass is 10.2. The maximum absolute atomic E-state index is 10.4. The Balaban J connectivity index is 2.22. The second-order valence-electron chi connectivity index (χ2n) is 3.52. The molecule has 0 spiro atoms. The van der Waals surface area contributed by atoms with E-state index in [4.69, 9.17) is 16.7 Å². The summed E-state index contributed by atoms with van der Waals surface area (Å²) < 4.78 is 0. The molecule has 0 fully saturated rings. The van der Waals surface area contributed by atoms with E-state index in [9.17, 15) is 4.79 Å². The quantitative estimate of drug-likeness (QED) is 0.865. The van der Waals surface area contributed by atoms with Crippen LogP contribution < -0.4 is 0 Å². The molecule has 0 saturated carbocycles. The first-order chi connectivity index (χ1) is 8.16. The second kappa shape index (κ2) is 5.38. The van der Waals surface area contributed by atoms with Gasteiger partial charge >= 0.3 is 5.97 Å². The number of carboxylic acid groups (broad SMARTS) is 1. The first kappa shape index (κ1) is 12.2. The van der Waals surface area contributed by atoms with Crippen LogP contribution in [0.1, 0.15) is 5.56 Å². The molecule has 0 saturated heterocycles. The number of fused-ring (bicyclic) bond motifs is 1. The highest BCUT2D eigenvalue weighted by molar-refractivity contribution is 7.99. The minimum absolute atomic E-state index is 0.0726. The Hall–Kier alpha value is -1.26. The number of benzene rings is 1. The molecule has 1 N–H and O–H groups in total. The first-order valence-corrected chi connectivity index (χ1v) is 6.54. The van der Waals surface area contributed by atoms with Crippen LogP contribution in [0.2, 0.25) is 5.15 Å². The van der Waals surface area contributed by atoms with E-state index in [0.717, 1.165) is 16.5 Å². The Bertz CT molecular complexity index is 559. The van der Waals surface area contributed by atoms with Crippen LogP contribution in [-0.2, 0) is 10.5 Å². The third-order valence-corrected chi connectivity index (χ3v) is 3.53. The number of hydrogen-bond acceptors (Lipinski definition) is 3. The number of halogens is 1. The number of aromatic nitrogens is 1. The molecule has 5 heteroatoms. The lowest BCUT2D eigenvalue weighted by Gasteiger charge is -2.05. The standard InChI is InChI=1S/C12H10ClNO2S/c13-12-9(6-17-7-11(15)16)5-8-3-1-2-4-10(8)14-12/h1-5H,6-7H2,(H,15,16). The van der Waals surface area contributed by atoms with Crippen LogP contribution in [0.15, 0.2) is 30.3 Å². The summed E-state index contributed by atoms with van der Waals surface area (Å²) in [5.41, 5.74) is 1.72. The fourth-order valence-corrected chi connectivity index (χ4v) is 2.49. The number of thioether (sulfide) groups is 1. The molecule has 1 aromatic heterocycles. The van der Waals surface area contributed by atoms with Crippen LogP contribution in [-0.4, -0.2) is 21.8 Å². The van der Waals surface area contributed by atoms with Crippen LogP contribution in [0.3, 0.4) is 0 Å². The van der Waals surface area contributed by atoms with Gasteiger partial charge in [-0.15, -0.1) is 11.8 Å². The van der Waals surface area contributed by atoms with Gasteiger partial charge in [0.25, 0.3) is 0 Å². The van der Waals surface area contributed by atoms with Gasteiger partial charge in [0.1, 0.15) is 5.15 Å². The summed E-state index contributed by atoms with van der Waals surface area (Å²) in [6.45, 7) is 0. The van der Waals surface area contributed by atoms with Gasteiger partial charge in [-0.3, -0.25) is 4.79 Å². The Labute approximate surface area is 108 Å². The van der Waals surface area contributed by atoms with Gasteiger partial charge in [-0.25, -0.2) is 4.98 Å². The molecule has 88 valence electrons. The molecule has 0 aliphatic carbocycles. The van der Waals surface area contributed by atoms with E-state index < -0.39 is 5.97 Å². The van der Waals surface area contributed by atoms with Gasteiger partial charge in [0.15, 0.2) is 0 Å². The van der Waals surface area contributed by atoms with E-state index in [0.29, 0.717) is 10.9 Å². The zero-order valence-electron chi connectivity index (χ0n) is 8.89. The summed E-state index contributed by atoms with van der Waals surface area (Å²) >= 11 is 7.36. The molecule has 0 radical (unpaired) electrons. The van der Waals surface area contributed by atoms with Crippen molar-refractivity contribution in [2.45, 2.75) is 5.75 Å². The summed E-state index contributed by atoms with van der Waals surface area (Å²) in [5.74, 6) is -0.188. The van der Waals surface area contributed by atoms with Crippen LogP contribution in [0.25, 0.3) is 10.9 Å². The van der Waals surface area contributed by atoms with Gasteiger partial charge < -0.3 is 5.11 Å². The summed E-state index contributed by atoms with van der Waals surface area (Å²) in [4.78, 5) is 14.7. The largest absolute Gasteiger partial charge is 0.481 e. The molecular formula is C12H10ClNO2S. The van der Waals surface area contributed by atoms with E-state index in [1.165, 1.54) is 11.8 Å². The van der Waals surface area contributed by atoms with Crippen molar-refractivity contribution in [3.8, 4) is 0 Å². The Morgan fingerprint density at radius 1 is 1.41 bits per heavy atom. The van der Waals surface area contributed by atoms with E-state index in [-0.39, 0.29) is 5.75 Å². The number of nitrogens with zero attached hydrogens (tertiary/aromatic N) is 1. The number of aliphatic carboxylic acids is 1. The average Bonchev–Trinajstić information content (AvgIpc) is 2.29. The predicted octanol–water partition coefficient (Wildman–Crippen LogP) is 3.21. The molecule has 1 heterocycles. The number of carboxylic acids is 1. The normalized spacial score (nSPS) is 10.6. The van der Waals surface area contributed by atoms with Crippen molar-refractivity contribution in [3.63, 3.8) is 0 Å². The van der Waals surface area contributed by atoms with Crippen molar-refractivity contribution in [2.24, 2.45) is 0 Å². The van der Waals surface area contributed by atoms with E-state index >= 15 is 0 Å². The van der Waals surface area contributed by atoms with Crippen LogP contribution >= 0.6 is 23.4 Å². The van der Waals surface area contributed by atoms with Crippen LogP contribution in [0.5, 0.6) is 0 Å². The van der Waals surface area contributed by atoms with Crippen molar-refractivity contribution >= 4 is 40.2 Å². The van der Waals surface area contributed by atoms with Gasteiger partial charge in [0.05, 0.1) is 11.3 Å². The number of hydrogen-bond donors (Lipinski definition) is 1. The van der Waals surface area contributed by atoms with Gasteiger partial charge in [-0.05, 0) is 12.1 Å². The molecule has 3 nitrogen and oxygen atoms in total. The Morgan fingerprint density at radius 2 is 2.18 bits per heavy atom. The average molecular weight is 268 g/mol. The molecular weight excluding hydrogens is 258 g/mol. The lowest BCUT2D eigenvalue weighted by Crippen LogP contribution is -1.98. The van der Waals surface area contributed by atoms with Crippen molar-refractivity contribution in [1.82, 2.24) is 4.98 Å². The molecule has 0 aliphatic heterocycles. The molecule has 0 aliphatic rings. The summed E-state index contributed by atoms with van der Waals surface area (Å²) in [6, 6.07) is 9.66. The number of carbonyl (C=O) groups is 1. The highest BCUT2D eigenvalue weighted by Crippen LogP contribution is 2.24. The number of pyridine rings is 1. The molecule has 2 rings (SSSR count). The third-order valence-electron chi connectivity index (χ3n) is 2.23. The van der Waals surface area contributed by atoms with Crippen molar-refractivity contribution < 1.29 is 9.90 Å². The number of rotatable bonds is 4. The third kappa shape index (κ3) is 3.11. The lowest BCUT2D eigenvalue weighted by molar-refractivity contribution is -0.133. The highest BCUT2D eigenvalue weighted by Gasteiger charge is 2.06. The topological polar surface area (TPSA) is 50.2 Å². The minimum atomic E-state index is -0.820. The molecule has 0 bridgehead atoms. The summed E-state index contributed by atoms with van der Waals surface area (Å²) in [5, 5.41) is 10.0. The zero-order valence-corrected chi connectivity index (χ0v) is 10.5. The summed E-state index contributed by atoms with van der Waals surface area (Å²) in [6.07, 6.45) is 0. The van der Waals surface area contributed by atoms with Crippen molar-refractivity contribution in [1.29, 1.82) is 0 Å². The molecule has 17 heavy (non-hydrogen) atoms. The van der Waals surface area contributed by atoms with Gasteiger partial charge in [0.2, 0.25) is 0 Å². The van der Waals surface area contributed by atoms with Gasteiger partial charge in [0, 0.05) is 16.7 Å². The Morgan fingerprint density at radius 3 is 2.94 bits per heavy atom.